The van der Waals surface area contributed by atoms with Crippen molar-refractivity contribution in [3.63, 3.8) is 0 Å². The summed E-state index contributed by atoms with van der Waals surface area (Å²) in [7, 11) is 1.54. The predicted octanol–water partition coefficient (Wildman–Crippen LogP) is 5.82. The number of benzene rings is 3. The highest BCUT2D eigenvalue weighted by Gasteiger charge is 2.28. The van der Waals surface area contributed by atoms with Crippen molar-refractivity contribution in [2.45, 2.75) is 18.8 Å². The Hall–Kier alpha value is -4.06. The lowest BCUT2D eigenvalue weighted by Gasteiger charge is -2.16. The maximum absolute atomic E-state index is 12.4. The van der Waals surface area contributed by atoms with E-state index in [9.17, 15) is 9.90 Å². The number of phenols is 1. The first kappa shape index (κ1) is 19.9. The van der Waals surface area contributed by atoms with Crippen LogP contribution in [0.5, 0.6) is 11.5 Å². The Bertz CT molecular complexity index is 1280. The van der Waals surface area contributed by atoms with Crippen LogP contribution in [0.25, 0.3) is 10.9 Å². The largest absolute Gasteiger partial charge is 0.504 e. The number of aromatic nitrogens is 1. The number of rotatable bonds is 6. The molecular formula is C26H23N3O3. The molecule has 1 aliphatic rings. The van der Waals surface area contributed by atoms with Crippen LogP contribution >= 0.6 is 0 Å². The summed E-state index contributed by atoms with van der Waals surface area (Å²) < 4.78 is 5.32. The van der Waals surface area contributed by atoms with E-state index in [0.29, 0.717) is 22.7 Å². The fourth-order valence-electron chi connectivity index (χ4n) is 3.80. The summed E-state index contributed by atoms with van der Waals surface area (Å²) in [5.74, 6) is 0.818. The van der Waals surface area contributed by atoms with Gasteiger partial charge in [-0.2, -0.15) is 0 Å². The zero-order valence-corrected chi connectivity index (χ0v) is 17.6. The number of fused-ring (bicyclic) bond motifs is 1. The van der Waals surface area contributed by atoms with Crippen molar-refractivity contribution in [2.75, 3.05) is 17.7 Å². The van der Waals surface area contributed by atoms with Crippen molar-refractivity contribution in [3.05, 3.63) is 84.1 Å². The van der Waals surface area contributed by atoms with Gasteiger partial charge in [-0.05, 0) is 66.8 Å². The van der Waals surface area contributed by atoms with Crippen molar-refractivity contribution in [1.82, 2.24) is 4.98 Å². The summed E-state index contributed by atoms with van der Waals surface area (Å²) in [6, 6.07) is 20.2. The van der Waals surface area contributed by atoms with Gasteiger partial charge < -0.3 is 20.5 Å². The Labute approximate surface area is 185 Å². The molecule has 0 radical (unpaired) electrons. The lowest BCUT2D eigenvalue weighted by molar-refractivity contribution is 0.102. The van der Waals surface area contributed by atoms with Gasteiger partial charge in [0.1, 0.15) is 0 Å². The average molecular weight is 425 g/mol. The first-order valence-corrected chi connectivity index (χ1v) is 10.6. The molecule has 0 unspecified atom stereocenters. The molecule has 1 aliphatic carbocycles. The van der Waals surface area contributed by atoms with Crippen LogP contribution in [-0.4, -0.2) is 23.1 Å². The first-order chi connectivity index (χ1) is 15.6. The fraction of sp³-hybridized carbons (Fsp3) is 0.154. The lowest BCUT2D eigenvalue weighted by atomic mass is 10.0. The van der Waals surface area contributed by atoms with Gasteiger partial charge in [0.2, 0.25) is 0 Å². The topological polar surface area (TPSA) is 83.5 Å². The average Bonchev–Trinajstić information content (AvgIpc) is 3.66. The number of aromatic hydroxyl groups is 1. The molecule has 0 atom stereocenters. The minimum atomic E-state index is -0.144. The molecule has 1 aromatic heterocycles. The number of methoxy groups -OCH3 is 1. The highest BCUT2D eigenvalue weighted by Crippen LogP contribution is 2.47. The number of hydrogen-bond acceptors (Lipinski definition) is 5. The minimum absolute atomic E-state index is 0.0659. The second kappa shape index (κ2) is 8.23. The zero-order chi connectivity index (χ0) is 22.1. The van der Waals surface area contributed by atoms with E-state index in [2.05, 4.69) is 15.6 Å². The van der Waals surface area contributed by atoms with Gasteiger partial charge in [0, 0.05) is 34.6 Å². The number of ether oxygens (including phenoxy) is 1. The number of amides is 1. The number of hydrogen-bond donors (Lipinski definition) is 3. The van der Waals surface area contributed by atoms with E-state index >= 15 is 0 Å². The third kappa shape index (κ3) is 3.95. The van der Waals surface area contributed by atoms with E-state index in [4.69, 9.17) is 4.74 Å². The van der Waals surface area contributed by atoms with Crippen LogP contribution in [0, 0.1) is 0 Å². The van der Waals surface area contributed by atoms with Gasteiger partial charge in [0.15, 0.2) is 11.5 Å². The van der Waals surface area contributed by atoms with E-state index in [0.717, 1.165) is 40.9 Å². The molecule has 1 heterocycles. The number of phenolic OH excluding ortho intramolecular Hbond substituents is 1. The summed E-state index contributed by atoms with van der Waals surface area (Å²) in [6.07, 6.45) is 4.17. The van der Waals surface area contributed by atoms with Crippen LogP contribution in [0.4, 0.5) is 17.1 Å². The van der Waals surface area contributed by atoms with Gasteiger partial charge in [0.05, 0.1) is 18.3 Å². The number of carbonyl (C=O) groups excluding carboxylic acids is 1. The predicted molar refractivity (Wildman–Crippen MR) is 126 cm³/mol. The van der Waals surface area contributed by atoms with Crippen LogP contribution in [0.3, 0.4) is 0 Å². The molecule has 0 spiro atoms. The zero-order valence-electron chi connectivity index (χ0n) is 17.6. The smallest absolute Gasteiger partial charge is 0.255 e. The molecule has 1 fully saturated rings. The normalized spacial score (nSPS) is 13.0. The quantitative estimate of drug-likeness (QED) is 0.362. The van der Waals surface area contributed by atoms with Crippen LogP contribution < -0.4 is 15.4 Å². The van der Waals surface area contributed by atoms with Gasteiger partial charge >= 0.3 is 0 Å². The molecule has 0 aliphatic heterocycles. The van der Waals surface area contributed by atoms with E-state index in [-0.39, 0.29) is 11.7 Å². The van der Waals surface area contributed by atoms with E-state index in [1.165, 1.54) is 7.11 Å². The molecule has 0 bridgehead atoms. The molecule has 160 valence electrons. The number of nitrogens with one attached hydrogen (secondary N) is 2. The molecule has 5 rings (SSSR count). The molecular weight excluding hydrogens is 402 g/mol. The van der Waals surface area contributed by atoms with Gasteiger partial charge in [-0.25, -0.2) is 0 Å². The Morgan fingerprint density at radius 1 is 1.03 bits per heavy atom. The van der Waals surface area contributed by atoms with Crippen molar-refractivity contribution in [3.8, 4) is 11.5 Å². The number of carbonyl (C=O) groups is 1. The maximum Gasteiger partial charge on any atom is 0.255 e. The maximum atomic E-state index is 12.4. The second-order valence-corrected chi connectivity index (χ2v) is 7.93. The van der Waals surface area contributed by atoms with Crippen LogP contribution in [0.15, 0.2) is 72.9 Å². The van der Waals surface area contributed by atoms with E-state index in [1.54, 1.807) is 18.2 Å². The van der Waals surface area contributed by atoms with E-state index < -0.39 is 0 Å². The Balaban J connectivity index is 1.44. The summed E-state index contributed by atoms with van der Waals surface area (Å²) in [4.78, 5) is 16.9. The first-order valence-electron chi connectivity index (χ1n) is 10.6. The van der Waals surface area contributed by atoms with Crippen molar-refractivity contribution in [2.24, 2.45) is 0 Å². The number of nitrogens with zero attached hydrogens (tertiary/aromatic N) is 1. The molecule has 3 aromatic carbocycles. The van der Waals surface area contributed by atoms with Crippen molar-refractivity contribution >= 4 is 33.9 Å². The SMILES string of the molecule is COc1cc2c(Nc3ccc(NC(=O)c4ccccc4)cc3)c(C3CC3)cnc2cc1O. The van der Waals surface area contributed by atoms with Crippen LogP contribution in [-0.2, 0) is 0 Å². The molecule has 3 N–H and O–H groups in total. The third-order valence-corrected chi connectivity index (χ3v) is 5.66. The molecule has 6 heteroatoms. The Morgan fingerprint density at radius 3 is 2.44 bits per heavy atom. The van der Waals surface area contributed by atoms with Gasteiger partial charge in [0.25, 0.3) is 5.91 Å². The van der Waals surface area contributed by atoms with Crippen LogP contribution in [0.1, 0.15) is 34.7 Å². The van der Waals surface area contributed by atoms with Crippen LogP contribution in [0.2, 0.25) is 0 Å². The molecule has 1 amide bonds. The summed E-state index contributed by atoms with van der Waals surface area (Å²) in [5, 5.41) is 17.5. The molecule has 32 heavy (non-hydrogen) atoms. The molecule has 6 nitrogen and oxygen atoms in total. The molecule has 4 aromatic rings. The fourth-order valence-corrected chi connectivity index (χ4v) is 3.80. The lowest BCUT2D eigenvalue weighted by Crippen LogP contribution is -2.11. The second-order valence-electron chi connectivity index (χ2n) is 7.93. The Morgan fingerprint density at radius 2 is 1.75 bits per heavy atom. The van der Waals surface area contributed by atoms with Gasteiger partial charge in [-0.15, -0.1) is 0 Å². The summed E-state index contributed by atoms with van der Waals surface area (Å²) in [5.41, 5.74) is 5.05. The third-order valence-electron chi connectivity index (χ3n) is 5.66. The number of anilines is 3. The van der Waals surface area contributed by atoms with E-state index in [1.807, 2.05) is 54.7 Å². The standard InChI is InChI=1S/C26H23N3O3/c1-32-24-13-20-22(14-23(24)30)27-15-21(16-7-8-16)25(20)28-18-9-11-19(12-10-18)29-26(31)17-5-3-2-4-6-17/h2-6,9-16,30H,7-8H2,1H3,(H,27,28)(H,29,31). The highest BCUT2D eigenvalue weighted by atomic mass is 16.5. The monoisotopic (exact) mass is 425 g/mol. The summed E-state index contributed by atoms with van der Waals surface area (Å²) in [6.45, 7) is 0. The van der Waals surface area contributed by atoms with Gasteiger partial charge in [-0.1, -0.05) is 18.2 Å². The minimum Gasteiger partial charge on any atom is -0.504 e. The summed E-state index contributed by atoms with van der Waals surface area (Å²) >= 11 is 0. The molecule has 1 saturated carbocycles. The van der Waals surface area contributed by atoms with Crippen molar-refractivity contribution < 1.29 is 14.6 Å². The van der Waals surface area contributed by atoms with Gasteiger partial charge in [-0.3, -0.25) is 9.78 Å². The molecule has 0 saturated heterocycles. The Kier molecular flexibility index (Phi) is 5.11. The highest BCUT2D eigenvalue weighted by molar-refractivity contribution is 6.04. The van der Waals surface area contributed by atoms with Crippen molar-refractivity contribution in [1.29, 1.82) is 0 Å². The number of pyridine rings is 1.